The third-order valence-electron chi connectivity index (χ3n) is 1.63. The normalized spacial score (nSPS) is 9.31. The van der Waals surface area contributed by atoms with E-state index in [2.05, 4.69) is 0 Å². The maximum Gasteiger partial charge on any atom is 0.325 e. The van der Waals surface area contributed by atoms with Crippen molar-refractivity contribution in [2.45, 2.75) is 34.6 Å². The molecule has 0 saturated heterocycles. The molecule has 0 aliphatic heterocycles. The third kappa shape index (κ3) is 8.03. The van der Waals surface area contributed by atoms with Crippen molar-refractivity contribution in [2.75, 3.05) is 19.7 Å². The van der Waals surface area contributed by atoms with Crippen molar-refractivity contribution < 1.29 is 14.3 Å². The van der Waals surface area contributed by atoms with Crippen LogP contribution in [0.15, 0.2) is 12.2 Å². The minimum Gasteiger partial charge on any atom is -0.465 e. The van der Waals surface area contributed by atoms with E-state index in [1.54, 1.807) is 19.9 Å². The fourth-order valence-corrected chi connectivity index (χ4v) is 0.956. The van der Waals surface area contributed by atoms with Gasteiger partial charge in [-0.2, -0.15) is 0 Å². The zero-order valence-electron chi connectivity index (χ0n) is 10.9. The zero-order valence-corrected chi connectivity index (χ0v) is 10.9. The average molecular weight is 229 g/mol. The molecule has 0 heterocycles. The van der Waals surface area contributed by atoms with Crippen LogP contribution in [-0.4, -0.2) is 36.5 Å². The molecule has 94 valence electrons. The number of allylic oxidation sites excluding steroid dienone is 1. The van der Waals surface area contributed by atoms with E-state index < -0.39 is 0 Å². The van der Waals surface area contributed by atoms with E-state index in [1.165, 1.54) is 11.0 Å². The molecule has 0 radical (unpaired) electrons. The monoisotopic (exact) mass is 229 g/mol. The molecule has 0 aliphatic carbocycles. The van der Waals surface area contributed by atoms with Crippen molar-refractivity contribution in [1.29, 1.82) is 0 Å². The van der Waals surface area contributed by atoms with Crippen molar-refractivity contribution in [1.82, 2.24) is 4.90 Å². The Morgan fingerprint density at radius 2 is 1.81 bits per heavy atom. The van der Waals surface area contributed by atoms with Crippen LogP contribution in [0.25, 0.3) is 0 Å². The summed E-state index contributed by atoms with van der Waals surface area (Å²) in [5.74, 6) is -0.532. The summed E-state index contributed by atoms with van der Waals surface area (Å²) < 4.78 is 4.75. The summed E-state index contributed by atoms with van der Waals surface area (Å²) in [4.78, 5) is 23.9. The molecule has 0 saturated carbocycles. The number of rotatable bonds is 5. The Bertz CT molecular complexity index is 224. The number of carbonyl (C=O) groups is 2. The zero-order chi connectivity index (χ0) is 13.0. The summed E-state index contributed by atoms with van der Waals surface area (Å²) in [7, 11) is 0. The quantitative estimate of drug-likeness (QED) is 0.535. The van der Waals surface area contributed by atoms with Gasteiger partial charge < -0.3 is 9.64 Å². The van der Waals surface area contributed by atoms with Crippen molar-refractivity contribution in [2.24, 2.45) is 0 Å². The molecule has 0 aliphatic rings. The van der Waals surface area contributed by atoms with Gasteiger partial charge in [0.1, 0.15) is 6.54 Å². The Balaban J connectivity index is 0. The number of ether oxygens (including phenoxy) is 1. The number of hydrogen-bond donors (Lipinski definition) is 0. The van der Waals surface area contributed by atoms with E-state index in [0.29, 0.717) is 13.2 Å². The lowest BCUT2D eigenvalue weighted by molar-refractivity contribution is -0.147. The van der Waals surface area contributed by atoms with Crippen molar-refractivity contribution in [3.8, 4) is 0 Å². The molecule has 0 atom stereocenters. The van der Waals surface area contributed by atoms with Crippen LogP contribution in [0.2, 0.25) is 0 Å². The lowest BCUT2D eigenvalue weighted by atomic mass is 10.4. The van der Waals surface area contributed by atoms with E-state index >= 15 is 0 Å². The van der Waals surface area contributed by atoms with Crippen LogP contribution in [0.4, 0.5) is 0 Å². The Morgan fingerprint density at radius 1 is 1.25 bits per heavy atom. The number of likely N-dealkylation sites (N-methyl/N-ethyl adjacent to an activating group) is 1. The Hall–Kier alpha value is -1.32. The van der Waals surface area contributed by atoms with Gasteiger partial charge in [-0.05, 0) is 26.8 Å². The van der Waals surface area contributed by atoms with E-state index in [1.807, 2.05) is 20.8 Å². The van der Waals surface area contributed by atoms with Crippen LogP contribution in [-0.2, 0) is 14.3 Å². The second-order valence-corrected chi connectivity index (χ2v) is 2.66. The fourth-order valence-electron chi connectivity index (χ4n) is 0.956. The molecule has 0 aromatic carbocycles. The highest BCUT2D eigenvalue weighted by Crippen LogP contribution is 1.93. The summed E-state index contributed by atoms with van der Waals surface area (Å²) in [5.41, 5.74) is 0. The van der Waals surface area contributed by atoms with Gasteiger partial charge in [0.15, 0.2) is 0 Å². The molecule has 0 unspecified atom stereocenters. The fraction of sp³-hybridized carbons (Fsp3) is 0.667. The number of amides is 1. The average Bonchev–Trinajstić information content (AvgIpc) is 2.29. The summed E-state index contributed by atoms with van der Waals surface area (Å²) >= 11 is 0. The molecule has 0 rings (SSSR count). The van der Waals surface area contributed by atoms with Gasteiger partial charge in [0.05, 0.1) is 6.61 Å². The first-order chi connectivity index (χ1) is 7.65. The molecule has 1 amide bonds. The highest BCUT2D eigenvalue weighted by atomic mass is 16.5. The van der Waals surface area contributed by atoms with E-state index in [4.69, 9.17) is 4.74 Å². The van der Waals surface area contributed by atoms with Crippen molar-refractivity contribution >= 4 is 11.9 Å². The molecule has 0 bridgehead atoms. The molecule has 0 aromatic rings. The van der Waals surface area contributed by atoms with Crippen LogP contribution in [0, 0.1) is 0 Å². The predicted octanol–water partition coefficient (Wildman–Crippen LogP) is 2.00. The van der Waals surface area contributed by atoms with Gasteiger partial charge in [-0.3, -0.25) is 9.59 Å². The van der Waals surface area contributed by atoms with Gasteiger partial charge in [-0.15, -0.1) is 0 Å². The van der Waals surface area contributed by atoms with Crippen LogP contribution < -0.4 is 0 Å². The largest absolute Gasteiger partial charge is 0.465 e. The van der Waals surface area contributed by atoms with Crippen LogP contribution in [0.5, 0.6) is 0 Å². The number of nitrogens with zero attached hydrogens (tertiary/aromatic N) is 1. The van der Waals surface area contributed by atoms with E-state index in [0.717, 1.165) is 0 Å². The van der Waals surface area contributed by atoms with Crippen molar-refractivity contribution in [3.63, 3.8) is 0 Å². The van der Waals surface area contributed by atoms with Gasteiger partial charge in [0, 0.05) is 6.54 Å². The van der Waals surface area contributed by atoms with Crippen LogP contribution >= 0.6 is 0 Å². The molecule has 16 heavy (non-hydrogen) atoms. The van der Waals surface area contributed by atoms with Crippen LogP contribution in [0.3, 0.4) is 0 Å². The Morgan fingerprint density at radius 3 is 2.19 bits per heavy atom. The lowest BCUT2D eigenvalue weighted by Gasteiger charge is -2.17. The SMILES string of the molecule is C/C=C/C(=O)N(CC)CC(=O)OCC.CC. The van der Waals surface area contributed by atoms with E-state index in [9.17, 15) is 9.59 Å². The summed E-state index contributed by atoms with van der Waals surface area (Å²) in [5, 5.41) is 0. The first kappa shape index (κ1) is 17.1. The molecular formula is C12H23NO3. The van der Waals surface area contributed by atoms with Gasteiger partial charge >= 0.3 is 5.97 Å². The maximum atomic E-state index is 11.3. The summed E-state index contributed by atoms with van der Waals surface area (Å²) in [6.07, 6.45) is 3.08. The first-order valence-corrected chi connectivity index (χ1v) is 5.72. The van der Waals surface area contributed by atoms with Crippen molar-refractivity contribution in [3.05, 3.63) is 12.2 Å². The standard InChI is InChI=1S/C10H17NO3.C2H6/c1-4-7-9(12)11(5-2)8-10(13)14-6-3;1-2/h4,7H,5-6,8H2,1-3H3;1-2H3/b7-4+;. The smallest absolute Gasteiger partial charge is 0.325 e. The van der Waals surface area contributed by atoms with Gasteiger partial charge in [-0.1, -0.05) is 19.9 Å². The maximum absolute atomic E-state index is 11.3. The van der Waals surface area contributed by atoms with Crippen LogP contribution in [0.1, 0.15) is 34.6 Å². The molecule has 0 fully saturated rings. The van der Waals surface area contributed by atoms with Gasteiger partial charge in [0.25, 0.3) is 0 Å². The highest BCUT2D eigenvalue weighted by Gasteiger charge is 2.13. The molecule has 4 nitrogen and oxygen atoms in total. The van der Waals surface area contributed by atoms with E-state index in [-0.39, 0.29) is 18.4 Å². The molecular weight excluding hydrogens is 206 g/mol. The predicted molar refractivity (Wildman–Crippen MR) is 65.0 cm³/mol. The number of esters is 1. The topological polar surface area (TPSA) is 46.6 Å². The third-order valence-corrected chi connectivity index (χ3v) is 1.63. The Labute approximate surface area is 98.3 Å². The first-order valence-electron chi connectivity index (χ1n) is 5.72. The molecule has 0 aromatic heterocycles. The molecule has 0 spiro atoms. The second kappa shape index (κ2) is 11.8. The number of hydrogen-bond acceptors (Lipinski definition) is 3. The van der Waals surface area contributed by atoms with Gasteiger partial charge in [-0.25, -0.2) is 0 Å². The minimum atomic E-state index is -0.368. The second-order valence-electron chi connectivity index (χ2n) is 2.66. The minimum absolute atomic E-state index is 0.0213. The lowest BCUT2D eigenvalue weighted by Crippen LogP contribution is -2.35. The molecule has 4 heteroatoms. The number of carbonyl (C=O) groups excluding carboxylic acids is 2. The summed E-state index contributed by atoms with van der Waals surface area (Å²) in [6.45, 7) is 10.2. The molecule has 0 N–H and O–H groups in total. The highest BCUT2D eigenvalue weighted by molar-refractivity contribution is 5.90. The Kier molecular flexibility index (Phi) is 12.6. The summed E-state index contributed by atoms with van der Waals surface area (Å²) in [6, 6.07) is 0. The van der Waals surface area contributed by atoms with Gasteiger partial charge in [0.2, 0.25) is 5.91 Å².